The second-order valence-corrected chi connectivity index (χ2v) is 4.01. The van der Waals surface area contributed by atoms with Crippen LogP contribution < -0.4 is 5.32 Å². The molecule has 2 rings (SSSR count). The van der Waals surface area contributed by atoms with E-state index in [1.54, 1.807) is 17.5 Å². The highest BCUT2D eigenvalue weighted by Gasteiger charge is 1.98. The Balaban J connectivity index is 1.81. The summed E-state index contributed by atoms with van der Waals surface area (Å²) in [5.74, 6) is 0. The van der Waals surface area contributed by atoms with Gasteiger partial charge in [0, 0.05) is 25.0 Å². The van der Waals surface area contributed by atoms with Crippen LogP contribution in [0.15, 0.2) is 23.0 Å². The minimum Gasteiger partial charge on any atom is -0.307 e. The maximum atomic E-state index is 3.89. The lowest BCUT2D eigenvalue weighted by molar-refractivity contribution is 0.676. The maximum absolute atomic E-state index is 3.89. The summed E-state index contributed by atoms with van der Waals surface area (Å²) < 4.78 is 0. The molecule has 0 atom stereocenters. The van der Waals surface area contributed by atoms with Crippen molar-refractivity contribution in [3.8, 4) is 0 Å². The number of aryl methyl sites for hydroxylation is 1. The molecule has 0 fully saturated rings. The molecule has 2 heterocycles. The third-order valence-electron chi connectivity index (χ3n) is 2.15. The van der Waals surface area contributed by atoms with Crippen LogP contribution in [0.2, 0.25) is 0 Å². The molecular weight excluding hydrogens is 194 g/mol. The summed E-state index contributed by atoms with van der Waals surface area (Å²) in [4.78, 5) is 0. The summed E-state index contributed by atoms with van der Waals surface area (Å²) in [7, 11) is 0. The van der Waals surface area contributed by atoms with Crippen LogP contribution in [0, 0.1) is 6.92 Å². The molecule has 4 heteroatoms. The molecule has 0 radical (unpaired) electrons. The number of nitrogens with zero attached hydrogens (tertiary/aromatic N) is 1. The summed E-state index contributed by atoms with van der Waals surface area (Å²) in [5.41, 5.74) is 3.87. The molecule has 2 N–H and O–H groups in total. The molecule has 74 valence electrons. The van der Waals surface area contributed by atoms with Gasteiger partial charge in [-0.2, -0.15) is 16.4 Å². The van der Waals surface area contributed by atoms with Gasteiger partial charge in [-0.3, -0.25) is 5.10 Å². The van der Waals surface area contributed by atoms with Crippen molar-refractivity contribution in [3.05, 3.63) is 39.8 Å². The van der Waals surface area contributed by atoms with Gasteiger partial charge in [0.1, 0.15) is 0 Å². The van der Waals surface area contributed by atoms with E-state index in [9.17, 15) is 0 Å². The predicted molar refractivity (Wildman–Crippen MR) is 58.2 cm³/mol. The van der Waals surface area contributed by atoms with Crippen LogP contribution >= 0.6 is 11.3 Å². The average molecular weight is 207 g/mol. The van der Waals surface area contributed by atoms with E-state index in [0.717, 1.165) is 18.8 Å². The number of rotatable bonds is 4. The molecule has 0 amide bonds. The van der Waals surface area contributed by atoms with Gasteiger partial charge < -0.3 is 5.32 Å². The lowest BCUT2D eigenvalue weighted by Crippen LogP contribution is -2.12. The Morgan fingerprint density at radius 2 is 2.36 bits per heavy atom. The van der Waals surface area contributed by atoms with Gasteiger partial charge in [0.2, 0.25) is 0 Å². The van der Waals surface area contributed by atoms with Gasteiger partial charge in [-0.15, -0.1) is 0 Å². The van der Waals surface area contributed by atoms with Crippen molar-refractivity contribution < 1.29 is 0 Å². The molecule has 2 aromatic rings. The number of aromatic nitrogens is 2. The lowest BCUT2D eigenvalue weighted by atomic mass is 10.2. The maximum Gasteiger partial charge on any atom is 0.0490 e. The van der Waals surface area contributed by atoms with Crippen LogP contribution in [-0.4, -0.2) is 10.2 Å². The highest BCUT2D eigenvalue weighted by Crippen LogP contribution is 2.12. The predicted octanol–water partition coefficient (Wildman–Crippen LogP) is 2.07. The fourth-order valence-electron chi connectivity index (χ4n) is 1.28. The summed E-state index contributed by atoms with van der Waals surface area (Å²) in [6.45, 7) is 3.91. The van der Waals surface area contributed by atoms with Crippen molar-refractivity contribution in [1.82, 2.24) is 15.5 Å². The molecule has 0 aromatic carbocycles. The van der Waals surface area contributed by atoms with E-state index in [1.165, 1.54) is 11.1 Å². The monoisotopic (exact) mass is 207 g/mol. The van der Waals surface area contributed by atoms with E-state index in [2.05, 4.69) is 33.2 Å². The first-order valence-electron chi connectivity index (χ1n) is 4.57. The third kappa shape index (κ3) is 2.21. The summed E-state index contributed by atoms with van der Waals surface area (Å²) >= 11 is 1.75. The molecule has 0 aliphatic rings. The first kappa shape index (κ1) is 9.43. The van der Waals surface area contributed by atoms with E-state index in [4.69, 9.17) is 0 Å². The van der Waals surface area contributed by atoms with Crippen LogP contribution in [0.4, 0.5) is 0 Å². The van der Waals surface area contributed by atoms with E-state index in [-0.39, 0.29) is 0 Å². The Morgan fingerprint density at radius 1 is 1.43 bits per heavy atom. The second kappa shape index (κ2) is 4.39. The van der Waals surface area contributed by atoms with Crippen LogP contribution in [0.1, 0.15) is 16.8 Å². The Labute approximate surface area is 87.2 Å². The van der Waals surface area contributed by atoms with Crippen LogP contribution in [0.3, 0.4) is 0 Å². The summed E-state index contributed by atoms with van der Waals surface area (Å²) in [6.07, 6.45) is 1.77. The van der Waals surface area contributed by atoms with Gasteiger partial charge in [0.05, 0.1) is 0 Å². The van der Waals surface area contributed by atoms with E-state index < -0.39 is 0 Å². The van der Waals surface area contributed by atoms with Gasteiger partial charge >= 0.3 is 0 Å². The summed E-state index contributed by atoms with van der Waals surface area (Å²) in [6, 6.07) is 1.98. The Hall–Kier alpha value is -1.13. The third-order valence-corrected chi connectivity index (χ3v) is 3.06. The highest BCUT2D eigenvalue weighted by molar-refractivity contribution is 7.08. The minimum atomic E-state index is 0.843. The van der Waals surface area contributed by atoms with Crippen molar-refractivity contribution in [3.63, 3.8) is 0 Å². The van der Waals surface area contributed by atoms with Gasteiger partial charge in [-0.1, -0.05) is 0 Å². The van der Waals surface area contributed by atoms with Gasteiger partial charge in [-0.25, -0.2) is 0 Å². The van der Waals surface area contributed by atoms with E-state index in [1.807, 2.05) is 6.07 Å². The zero-order valence-electron chi connectivity index (χ0n) is 8.08. The number of nitrogens with one attached hydrogen (secondary N) is 2. The quantitative estimate of drug-likeness (QED) is 0.805. The van der Waals surface area contributed by atoms with Crippen molar-refractivity contribution in [2.24, 2.45) is 0 Å². The molecular formula is C10H13N3S. The largest absolute Gasteiger partial charge is 0.307 e. The topological polar surface area (TPSA) is 40.7 Å². The van der Waals surface area contributed by atoms with E-state index >= 15 is 0 Å². The zero-order valence-corrected chi connectivity index (χ0v) is 8.90. The number of hydrogen-bond donors (Lipinski definition) is 2. The standard InChI is InChI=1S/C10H13N3S/c1-8-6-14-7-9(8)4-11-5-10-2-3-12-13-10/h2-3,6-7,11H,4-5H2,1H3,(H,12,13). The average Bonchev–Trinajstić information content (AvgIpc) is 2.78. The zero-order chi connectivity index (χ0) is 9.80. The van der Waals surface area contributed by atoms with Crippen LogP contribution in [-0.2, 0) is 13.1 Å². The molecule has 0 unspecified atom stereocenters. The molecule has 0 saturated heterocycles. The SMILES string of the molecule is Cc1cscc1CNCc1ccn[nH]1. The van der Waals surface area contributed by atoms with Crippen molar-refractivity contribution in [2.75, 3.05) is 0 Å². The lowest BCUT2D eigenvalue weighted by Gasteiger charge is -2.01. The molecule has 3 nitrogen and oxygen atoms in total. The number of H-pyrrole nitrogens is 1. The smallest absolute Gasteiger partial charge is 0.0490 e. The van der Waals surface area contributed by atoms with E-state index in [0.29, 0.717) is 0 Å². The molecule has 0 aliphatic heterocycles. The van der Waals surface area contributed by atoms with Crippen molar-refractivity contribution in [1.29, 1.82) is 0 Å². The molecule has 0 spiro atoms. The molecule has 0 bridgehead atoms. The van der Waals surface area contributed by atoms with Crippen molar-refractivity contribution in [2.45, 2.75) is 20.0 Å². The van der Waals surface area contributed by atoms with Crippen LogP contribution in [0.5, 0.6) is 0 Å². The normalized spacial score (nSPS) is 10.6. The van der Waals surface area contributed by atoms with Gasteiger partial charge in [0.25, 0.3) is 0 Å². The molecule has 2 aromatic heterocycles. The Bertz CT molecular complexity index is 378. The highest BCUT2D eigenvalue weighted by atomic mass is 32.1. The number of thiophene rings is 1. The fourth-order valence-corrected chi connectivity index (χ4v) is 2.14. The molecule has 14 heavy (non-hydrogen) atoms. The Kier molecular flexibility index (Phi) is 2.96. The first-order valence-corrected chi connectivity index (χ1v) is 5.51. The molecule has 0 saturated carbocycles. The Morgan fingerprint density at radius 3 is 3.00 bits per heavy atom. The van der Waals surface area contributed by atoms with Crippen molar-refractivity contribution >= 4 is 11.3 Å². The molecule has 0 aliphatic carbocycles. The number of hydrogen-bond acceptors (Lipinski definition) is 3. The first-order chi connectivity index (χ1) is 6.86. The van der Waals surface area contributed by atoms with Gasteiger partial charge in [0.15, 0.2) is 0 Å². The van der Waals surface area contributed by atoms with Gasteiger partial charge in [-0.05, 0) is 34.9 Å². The summed E-state index contributed by atoms with van der Waals surface area (Å²) in [5, 5.41) is 14.5. The minimum absolute atomic E-state index is 0.843. The second-order valence-electron chi connectivity index (χ2n) is 3.27. The number of aromatic amines is 1. The fraction of sp³-hybridized carbons (Fsp3) is 0.300. The van der Waals surface area contributed by atoms with Crippen LogP contribution in [0.25, 0.3) is 0 Å².